The van der Waals surface area contributed by atoms with Gasteiger partial charge in [-0.1, -0.05) is 30.2 Å². The molecule has 4 aromatic rings. The fourth-order valence-corrected chi connectivity index (χ4v) is 6.22. The number of piperazine rings is 1. The second-order valence-corrected chi connectivity index (χ2v) is 10.9. The third kappa shape index (κ3) is 5.37. The van der Waals surface area contributed by atoms with Gasteiger partial charge in [-0.2, -0.15) is 0 Å². The lowest BCUT2D eigenvalue weighted by Gasteiger charge is -2.36. The number of likely N-dealkylation sites (tertiary alicyclic amines) is 1. The number of hydrogen-bond acceptors (Lipinski definition) is 7. The van der Waals surface area contributed by atoms with Gasteiger partial charge < -0.3 is 19.5 Å². The SMILES string of the molecule is O=C(O)c1cn(-c2cccc(CN3CCCCC3)c2)c2c(Cl)c(N3CCN(c4ncccn4)CC3)c(F)cc2c1=O. The van der Waals surface area contributed by atoms with Crippen LogP contribution < -0.4 is 15.2 Å². The van der Waals surface area contributed by atoms with Gasteiger partial charge in [-0.05, 0) is 55.8 Å². The molecule has 0 amide bonds. The molecule has 0 atom stereocenters. The Balaban J connectivity index is 1.42. The van der Waals surface area contributed by atoms with Crippen molar-refractivity contribution in [3.63, 3.8) is 0 Å². The molecule has 212 valence electrons. The number of halogens is 2. The lowest BCUT2D eigenvalue weighted by atomic mass is 10.1. The number of fused-ring (bicyclic) bond motifs is 1. The highest BCUT2D eigenvalue weighted by Gasteiger charge is 2.27. The van der Waals surface area contributed by atoms with E-state index in [0.29, 0.717) is 37.8 Å². The van der Waals surface area contributed by atoms with Crippen LogP contribution in [-0.4, -0.2) is 69.8 Å². The van der Waals surface area contributed by atoms with Crippen LogP contribution >= 0.6 is 11.6 Å². The molecule has 0 aliphatic carbocycles. The van der Waals surface area contributed by atoms with E-state index in [1.165, 1.54) is 25.5 Å². The fourth-order valence-electron chi connectivity index (χ4n) is 5.82. The van der Waals surface area contributed by atoms with Gasteiger partial charge in [-0.25, -0.2) is 19.2 Å². The summed E-state index contributed by atoms with van der Waals surface area (Å²) < 4.78 is 17.3. The van der Waals surface area contributed by atoms with E-state index in [-0.39, 0.29) is 21.6 Å². The molecular weight excluding hydrogens is 547 g/mol. The third-order valence-electron chi connectivity index (χ3n) is 7.86. The van der Waals surface area contributed by atoms with E-state index in [0.717, 1.165) is 31.3 Å². The van der Waals surface area contributed by atoms with E-state index in [2.05, 4.69) is 14.9 Å². The van der Waals surface area contributed by atoms with Gasteiger partial charge in [0.1, 0.15) is 11.4 Å². The van der Waals surface area contributed by atoms with Crippen LogP contribution in [0.15, 0.2) is 59.8 Å². The summed E-state index contributed by atoms with van der Waals surface area (Å²) in [6.07, 6.45) is 8.24. The lowest BCUT2D eigenvalue weighted by Crippen LogP contribution is -2.47. The van der Waals surface area contributed by atoms with Crippen LogP contribution in [-0.2, 0) is 6.54 Å². The molecule has 2 aromatic carbocycles. The molecule has 6 rings (SSSR count). The second-order valence-electron chi connectivity index (χ2n) is 10.5. The predicted octanol–water partition coefficient (Wildman–Crippen LogP) is 4.58. The highest BCUT2D eigenvalue weighted by molar-refractivity contribution is 6.38. The summed E-state index contributed by atoms with van der Waals surface area (Å²) in [6, 6.07) is 10.6. The molecule has 0 spiro atoms. The van der Waals surface area contributed by atoms with Crippen LogP contribution in [0.5, 0.6) is 0 Å². The number of benzene rings is 2. The highest BCUT2D eigenvalue weighted by Crippen LogP contribution is 2.37. The summed E-state index contributed by atoms with van der Waals surface area (Å²) in [5.41, 5.74) is 0.962. The molecule has 4 heterocycles. The summed E-state index contributed by atoms with van der Waals surface area (Å²) in [6.45, 7) is 4.87. The Morgan fingerprint density at radius 1 is 0.951 bits per heavy atom. The molecule has 11 heteroatoms. The largest absolute Gasteiger partial charge is 0.477 e. The van der Waals surface area contributed by atoms with Crippen LogP contribution in [0.4, 0.5) is 16.0 Å². The van der Waals surface area contributed by atoms with Crippen LogP contribution in [0.3, 0.4) is 0 Å². The molecule has 2 saturated heterocycles. The van der Waals surface area contributed by atoms with Crippen LogP contribution in [0.2, 0.25) is 5.02 Å². The standard InChI is InChI=1S/C30H30ClFN6O3/c31-25-26-22(17-24(32)27(25)36-12-14-37(15-13-36)30-33-8-5-9-34-30)28(39)23(29(40)41)19-38(26)21-7-4-6-20(16-21)18-35-10-2-1-3-11-35/h4-9,16-17,19H,1-3,10-15,18H2,(H,40,41). The monoisotopic (exact) mass is 576 g/mol. The summed E-state index contributed by atoms with van der Waals surface area (Å²) in [5, 5.41) is 9.81. The van der Waals surface area contributed by atoms with Crippen molar-refractivity contribution in [1.29, 1.82) is 0 Å². The molecular formula is C30H30ClFN6O3. The van der Waals surface area contributed by atoms with Gasteiger partial charge in [0.05, 0.1) is 21.6 Å². The number of piperidine rings is 1. The Morgan fingerprint density at radius 3 is 2.37 bits per heavy atom. The van der Waals surface area contributed by atoms with Crippen LogP contribution in [0.25, 0.3) is 16.6 Å². The summed E-state index contributed by atoms with van der Waals surface area (Å²) >= 11 is 6.95. The molecule has 0 bridgehead atoms. The summed E-state index contributed by atoms with van der Waals surface area (Å²) in [4.78, 5) is 40.1. The van der Waals surface area contributed by atoms with Crippen molar-refractivity contribution >= 4 is 40.1 Å². The average Bonchev–Trinajstić information content (AvgIpc) is 2.99. The number of hydrogen-bond donors (Lipinski definition) is 1. The lowest BCUT2D eigenvalue weighted by molar-refractivity contribution is 0.0695. The molecule has 0 radical (unpaired) electrons. The van der Waals surface area contributed by atoms with Crippen molar-refractivity contribution in [2.75, 3.05) is 49.1 Å². The first-order valence-electron chi connectivity index (χ1n) is 13.8. The van der Waals surface area contributed by atoms with E-state index in [4.69, 9.17) is 11.6 Å². The van der Waals surface area contributed by atoms with Crippen molar-refractivity contribution < 1.29 is 14.3 Å². The Morgan fingerprint density at radius 2 is 1.66 bits per heavy atom. The Bertz CT molecular complexity index is 1650. The van der Waals surface area contributed by atoms with Gasteiger partial charge in [0.2, 0.25) is 11.4 Å². The van der Waals surface area contributed by atoms with Crippen molar-refractivity contribution in [1.82, 2.24) is 19.4 Å². The number of pyridine rings is 1. The maximum Gasteiger partial charge on any atom is 0.341 e. The molecule has 9 nitrogen and oxygen atoms in total. The number of carboxylic acids is 1. The van der Waals surface area contributed by atoms with Crippen molar-refractivity contribution in [2.24, 2.45) is 0 Å². The van der Waals surface area contributed by atoms with Gasteiger partial charge in [0.25, 0.3) is 0 Å². The van der Waals surface area contributed by atoms with Crippen molar-refractivity contribution in [3.8, 4) is 5.69 Å². The first-order chi connectivity index (χ1) is 19.9. The Labute approximate surface area is 241 Å². The van der Waals surface area contributed by atoms with Gasteiger partial charge in [-0.15, -0.1) is 0 Å². The average molecular weight is 577 g/mol. The molecule has 0 saturated carbocycles. The summed E-state index contributed by atoms with van der Waals surface area (Å²) in [7, 11) is 0. The Hall–Kier alpha value is -4.02. The smallest absolute Gasteiger partial charge is 0.341 e. The van der Waals surface area contributed by atoms with Crippen molar-refractivity contribution in [2.45, 2.75) is 25.8 Å². The molecule has 2 aromatic heterocycles. The van der Waals surface area contributed by atoms with Gasteiger partial charge in [0, 0.05) is 57.0 Å². The fraction of sp³-hybridized carbons (Fsp3) is 0.333. The van der Waals surface area contributed by atoms with Gasteiger partial charge in [0.15, 0.2) is 0 Å². The second kappa shape index (κ2) is 11.5. The van der Waals surface area contributed by atoms with Crippen LogP contribution in [0.1, 0.15) is 35.2 Å². The maximum atomic E-state index is 15.7. The third-order valence-corrected chi connectivity index (χ3v) is 8.22. The topological polar surface area (TPSA) is 94.8 Å². The van der Waals surface area contributed by atoms with Gasteiger partial charge >= 0.3 is 5.97 Å². The molecule has 41 heavy (non-hydrogen) atoms. The number of nitrogens with zero attached hydrogens (tertiary/aromatic N) is 6. The zero-order valence-electron chi connectivity index (χ0n) is 22.5. The Kier molecular flexibility index (Phi) is 7.59. The quantitative estimate of drug-likeness (QED) is 0.356. The predicted molar refractivity (Wildman–Crippen MR) is 157 cm³/mol. The minimum atomic E-state index is -1.38. The normalized spacial score (nSPS) is 16.3. The molecule has 0 unspecified atom stereocenters. The van der Waals surface area contributed by atoms with E-state index in [1.807, 2.05) is 34.1 Å². The number of carboxylic acid groups (broad SMARTS) is 1. The van der Waals surface area contributed by atoms with Gasteiger partial charge in [-0.3, -0.25) is 9.69 Å². The minimum Gasteiger partial charge on any atom is -0.477 e. The maximum absolute atomic E-state index is 15.7. The first kappa shape index (κ1) is 27.2. The minimum absolute atomic E-state index is 0.0693. The van der Waals surface area contributed by atoms with Crippen LogP contribution in [0, 0.1) is 5.82 Å². The first-order valence-corrected chi connectivity index (χ1v) is 14.2. The number of carbonyl (C=O) groups is 1. The van der Waals surface area contributed by atoms with E-state index in [9.17, 15) is 14.7 Å². The zero-order valence-corrected chi connectivity index (χ0v) is 23.2. The van der Waals surface area contributed by atoms with E-state index < -0.39 is 22.8 Å². The highest BCUT2D eigenvalue weighted by atomic mass is 35.5. The zero-order chi connectivity index (χ0) is 28.5. The number of aromatic nitrogens is 3. The van der Waals surface area contributed by atoms with Crippen molar-refractivity contribution in [3.05, 3.63) is 87.2 Å². The number of aromatic carboxylic acids is 1. The van der Waals surface area contributed by atoms with E-state index in [1.54, 1.807) is 23.0 Å². The molecule has 2 aliphatic heterocycles. The molecule has 2 fully saturated rings. The number of rotatable bonds is 6. The molecule has 1 N–H and O–H groups in total. The number of anilines is 2. The van der Waals surface area contributed by atoms with E-state index >= 15 is 4.39 Å². The summed E-state index contributed by atoms with van der Waals surface area (Å²) in [5.74, 6) is -1.44. The molecule has 2 aliphatic rings.